The van der Waals surface area contributed by atoms with Gasteiger partial charge >= 0.3 is 0 Å². The molecule has 2 aliphatic heterocycles. The average molecular weight is 619 g/mol. The van der Waals surface area contributed by atoms with E-state index in [-0.39, 0.29) is 0 Å². The van der Waals surface area contributed by atoms with Gasteiger partial charge in [0.05, 0.1) is 0 Å². The van der Waals surface area contributed by atoms with Crippen molar-refractivity contribution in [1.29, 1.82) is 0 Å². The lowest BCUT2D eigenvalue weighted by molar-refractivity contribution is -0.429. The van der Waals surface area contributed by atoms with E-state index < -0.39 is 0 Å². The third kappa shape index (κ3) is 3.38. The van der Waals surface area contributed by atoms with E-state index in [9.17, 15) is 0 Å². The maximum atomic E-state index is 2.59. The van der Waals surface area contributed by atoms with Crippen molar-refractivity contribution in [3.63, 3.8) is 0 Å². The van der Waals surface area contributed by atoms with Crippen molar-refractivity contribution in [3.8, 4) is 0 Å². The number of halogens is 2. The normalized spacial score (nSPS) is 24.9. The fraction of sp³-hybridized carbons (Fsp3) is 0.346. The minimum Gasteiger partial charge on any atom is -0.345 e. The summed E-state index contributed by atoms with van der Waals surface area (Å²) in [5.41, 5.74) is 10.5. The number of fused-ring (bicyclic) bond motifs is 3. The molecule has 2 aliphatic carbocycles. The van der Waals surface area contributed by atoms with E-state index in [2.05, 4.69) is 103 Å². The van der Waals surface area contributed by atoms with Gasteiger partial charge in [-0.05, 0) is 124 Å². The maximum absolute atomic E-state index is 2.59. The smallest absolute Gasteiger partial charge is 0.208 e. The summed E-state index contributed by atoms with van der Waals surface area (Å²) < 4.78 is 5.28. The fourth-order valence-electron chi connectivity index (χ4n) is 5.69. The van der Waals surface area contributed by atoms with Gasteiger partial charge in [0.2, 0.25) is 5.69 Å². The monoisotopic (exact) mass is 619 g/mol. The predicted octanol–water partition coefficient (Wildman–Crippen LogP) is 6.61. The predicted molar refractivity (Wildman–Crippen MR) is 141 cm³/mol. The Morgan fingerprint density at radius 2 is 1.63 bits per heavy atom. The zero-order valence-corrected chi connectivity index (χ0v) is 21.3. The van der Waals surface area contributed by atoms with E-state index >= 15 is 0 Å². The van der Waals surface area contributed by atoms with Gasteiger partial charge in [-0.1, -0.05) is 0 Å². The Kier molecular flexibility index (Phi) is 5.05. The van der Waals surface area contributed by atoms with Crippen molar-refractivity contribution in [1.82, 2.24) is 0 Å². The Morgan fingerprint density at radius 1 is 0.833 bits per heavy atom. The van der Waals surface area contributed by atoms with Crippen molar-refractivity contribution in [2.24, 2.45) is 5.92 Å². The van der Waals surface area contributed by atoms with E-state index in [4.69, 9.17) is 0 Å². The van der Waals surface area contributed by atoms with Gasteiger partial charge in [-0.15, -0.1) is 0 Å². The number of hydrogen-bond donors (Lipinski definition) is 0. The van der Waals surface area contributed by atoms with E-state index in [1.54, 1.807) is 5.57 Å². The highest BCUT2D eigenvalue weighted by Gasteiger charge is 2.33. The lowest BCUT2D eigenvalue weighted by atomic mass is 9.79. The van der Waals surface area contributed by atoms with Crippen LogP contribution in [0.15, 0.2) is 59.8 Å². The molecular weight excluding hydrogens is 594 g/mol. The Balaban J connectivity index is 1.36. The first-order valence-corrected chi connectivity index (χ1v) is 13.2. The number of rotatable bonds is 1. The highest BCUT2D eigenvalue weighted by atomic mass is 127. The van der Waals surface area contributed by atoms with Crippen LogP contribution in [0.5, 0.6) is 0 Å². The molecule has 0 radical (unpaired) electrons. The maximum Gasteiger partial charge on any atom is 0.208 e. The molecule has 0 bridgehead atoms. The third-order valence-corrected chi connectivity index (χ3v) is 8.55. The second kappa shape index (κ2) is 7.76. The van der Waals surface area contributed by atoms with Crippen LogP contribution in [-0.2, 0) is 12.8 Å². The Hall–Kier alpha value is -1.15. The van der Waals surface area contributed by atoms with Crippen LogP contribution in [-0.4, -0.2) is 23.4 Å². The molecule has 0 N–H and O–H groups in total. The molecule has 0 spiro atoms. The van der Waals surface area contributed by atoms with Crippen molar-refractivity contribution >= 4 is 62.3 Å². The molecule has 1 unspecified atom stereocenters. The van der Waals surface area contributed by atoms with Crippen LogP contribution in [0.4, 0.5) is 11.4 Å². The third-order valence-electron chi connectivity index (χ3n) is 7.20. The zero-order valence-electron chi connectivity index (χ0n) is 17.0. The standard InChI is InChI=1S/C26H25I2N2/c27-21-3-7-25-18(13-21)9-11-29(25)23-5-1-17-2-6-24(16-20(17)15-23)30-12-10-19-14-22(28)4-8-26(19)30/h3-4,7-8,13-17H,1-2,5-6,9-12H2/q+1. The summed E-state index contributed by atoms with van der Waals surface area (Å²) in [7, 11) is 0. The van der Waals surface area contributed by atoms with E-state index in [0.29, 0.717) is 0 Å². The molecule has 6 rings (SSSR count). The molecule has 0 saturated heterocycles. The molecule has 4 heteroatoms. The molecule has 2 nitrogen and oxygen atoms in total. The van der Waals surface area contributed by atoms with Gasteiger partial charge in [0.1, 0.15) is 0 Å². The summed E-state index contributed by atoms with van der Waals surface area (Å²) in [6.45, 7) is 2.27. The van der Waals surface area contributed by atoms with E-state index in [1.165, 1.54) is 79.6 Å². The molecule has 0 amide bonds. The fourth-order valence-corrected chi connectivity index (χ4v) is 6.80. The Bertz CT molecular complexity index is 1140. The minimum atomic E-state index is 0.745. The van der Waals surface area contributed by atoms with Crippen molar-refractivity contribution in [2.75, 3.05) is 18.0 Å². The van der Waals surface area contributed by atoms with Gasteiger partial charge in [0.15, 0.2) is 12.3 Å². The topological polar surface area (TPSA) is 6.25 Å². The van der Waals surface area contributed by atoms with Gasteiger partial charge < -0.3 is 4.90 Å². The van der Waals surface area contributed by atoms with Crippen molar-refractivity contribution in [3.05, 3.63) is 78.1 Å². The first kappa shape index (κ1) is 19.5. The summed E-state index contributed by atoms with van der Waals surface area (Å²) in [4.78, 5) is 2.59. The van der Waals surface area contributed by atoms with Crippen LogP contribution in [0.25, 0.3) is 0 Å². The lowest BCUT2D eigenvalue weighted by Crippen LogP contribution is -2.27. The highest BCUT2D eigenvalue weighted by molar-refractivity contribution is 14.1. The molecule has 0 aromatic heterocycles. The molecule has 1 atom stereocenters. The molecule has 2 aromatic carbocycles. The number of allylic oxidation sites excluding steroid dienone is 4. The van der Waals surface area contributed by atoms with Gasteiger partial charge in [0.25, 0.3) is 0 Å². The second-order valence-electron chi connectivity index (χ2n) is 8.89. The summed E-state index contributed by atoms with van der Waals surface area (Å²) >= 11 is 4.86. The van der Waals surface area contributed by atoms with Gasteiger partial charge in [-0.2, -0.15) is 4.58 Å². The van der Waals surface area contributed by atoms with Crippen LogP contribution < -0.4 is 4.90 Å². The lowest BCUT2D eigenvalue weighted by Gasteiger charge is -2.32. The van der Waals surface area contributed by atoms with Gasteiger partial charge in [0, 0.05) is 55.6 Å². The quantitative estimate of drug-likeness (QED) is 0.257. The zero-order chi connectivity index (χ0) is 20.2. The summed E-state index contributed by atoms with van der Waals surface area (Å²) in [5.74, 6) is 0.745. The highest BCUT2D eigenvalue weighted by Crippen LogP contribution is 2.41. The van der Waals surface area contributed by atoms with E-state index in [1.807, 2.05) is 0 Å². The van der Waals surface area contributed by atoms with Crippen molar-refractivity contribution in [2.45, 2.75) is 38.5 Å². The SMILES string of the molecule is Ic1ccc2c(c1)CCN2C1=CC2=C/C(=[N+]3\CCc4cc(I)ccc43)CCC2CC1. The van der Waals surface area contributed by atoms with E-state index in [0.717, 1.165) is 19.0 Å². The van der Waals surface area contributed by atoms with Crippen molar-refractivity contribution < 1.29 is 4.58 Å². The molecule has 30 heavy (non-hydrogen) atoms. The second-order valence-corrected chi connectivity index (χ2v) is 11.4. The Morgan fingerprint density at radius 3 is 2.53 bits per heavy atom. The largest absolute Gasteiger partial charge is 0.345 e. The van der Waals surface area contributed by atoms with Crippen LogP contribution in [0, 0.1) is 13.1 Å². The number of anilines is 1. The summed E-state index contributed by atoms with van der Waals surface area (Å²) in [6, 6.07) is 13.9. The number of nitrogens with zero attached hydrogens (tertiary/aromatic N) is 2. The van der Waals surface area contributed by atoms with Crippen LogP contribution >= 0.6 is 45.2 Å². The summed E-state index contributed by atoms with van der Waals surface area (Å²) in [5, 5.41) is 0. The molecule has 0 saturated carbocycles. The molecule has 0 fully saturated rings. The molecule has 4 aliphatic rings. The minimum absolute atomic E-state index is 0.745. The average Bonchev–Trinajstić information content (AvgIpc) is 3.36. The van der Waals surface area contributed by atoms with Gasteiger partial charge in [-0.25, -0.2) is 0 Å². The number of benzene rings is 2. The molecule has 2 heterocycles. The van der Waals surface area contributed by atoms with Crippen LogP contribution in [0.3, 0.4) is 0 Å². The molecule has 2 aromatic rings. The number of hydrogen-bond acceptors (Lipinski definition) is 1. The van der Waals surface area contributed by atoms with Crippen LogP contribution in [0.2, 0.25) is 0 Å². The first-order valence-electron chi connectivity index (χ1n) is 11.1. The molecule has 152 valence electrons. The first-order chi connectivity index (χ1) is 14.7. The van der Waals surface area contributed by atoms with Crippen LogP contribution in [0.1, 0.15) is 36.8 Å². The summed E-state index contributed by atoms with van der Waals surface area (Å²) in [6.07, 6.45) is 12.4. The molecular formula is C26H25I2N2+. The Labute approximate surface area is 206 Å². The van der Waals surface area contributed by atoms with Gasteiger partial charge in [-0.3, -0.25) is 0 Å².